The van der Waals surface area contributed by atoms with E-state index in [0.29, 0.717) is 10.7 Å². The zero-order chi connectivity index (χ0) is 13.8. The Morgan fingerprint density at radius 3 is 2.42 bits per heavy atom. The van der Waals surface area contributed by atoms with Crippen LogP contribution in [0.15, 0.2) is 30.6 Å². The van der Waals surface area contributed by atoms with Crippen LogP contribution in [0.2, 0.25) is 5.02 Å². The molecule has 2 aromatic rings. The van der Waals surface area contributed by atoms with Gasteiger partial charge in [-0.2, -0.15) is 0 Å². The quantitative estimate of drug-likeness (QED) is 0.445. The Morgan fingerprint density at radius 1 is 1.21 bits per heavy atom. The third-order valence-corrected chi connectivity index (χ3v) is 2.50. The molecule has 0 aliphatic heterocycles. The van der Waals surface area contributed by atoms with Gasteiger partial charge in [-0.1, -0.05) is 11.6 Å². The van der Waals surface area contributed by atoms with Gasteiger partial charge in [0.05, 0.1) is 4.92 Å². The van der Waals surface area contributed by atoms with Gasteiger partial charge >= 0.3 is 5.69 Å². The van der Waals surface area contributed by atoms with E-state index < -0.39 is 4.92 Å². The zero-order valence-electron chi connectivity index (χ0n) is 9.50. The standard InChI is InChI=1S/C10H9ClN6O2/c11-6-1-3-7(4-2-6)15-9-8(17(18)19)10(16-12)14-5-13-9/h1-5H,12H2,(H2,13,14,15,16). The molecule has 0 saturated carbocycles. The van der Waals surface area contributed by atoms with Crippen LogP contribution >= 0.6 is 11.6 Å². The fourth-order valence-electron chi connectivity index (χ4n) is 1.42. The van der Waals surface area contributed by atoms with Crippen LogP contribution in [0.1, 0.15) is 0 Å². The number of nitrogens with zero attached hydrogens (tertiary/aromatic N) is 3. The second kappa shape index (κ2) is 5.46. The third kappa shape index (κ3) is 2.87. The van der Waals surface area contributed by atoms with Crippen LogP contribution in [-0.2, 0) is 0 Å². The molecular weight excluding hydrogens is 272 g/mol. The summed E-state index contributed by atoms with van der Waals surface area (Å²) < 4.78 is 0. The molecular formula is C10H9ClN6O2. The van der Waals surface area contributed by atoms with Crippen molar-refractivity contribution in [2.24, 2.45) is 5.84 Å². The summed E-state index contributed by atoms with van der Waals surface area (Å²) in [4.78, 5) is 17.9. The monoisotopic (exact) mass is 280 g/mol. The molecule has 2 rings (SSSR count). The molecule has 8 nitrogen and oxygen atoms in total. The molecule has 0 amide bonds. The zero-order valence-corrected chi connectivity index (χ0v) is 10.3. The number of hydrazine groups is 1. The molecule has 19 heavy (non-hydrogen) atoms. The number of halogens is 1. The van der Waals surface area contributed by atoms with Crippen LogP contribution < -0.4 is 16.6 Å². The minimum Gasteiger partial charge on any atom is -0.334 e. The van der Waals surface area contributed by atoms with Crippen LogP contribution in [-0.4, -0.2) is 14.9 Å². The van der Waals surface area contributed by atoms with Crippen molar-refractivity contribution in [1.29, 1.82) is 0 Å². The molecule has 1 aromatic heterocycles. The summed E-state index contributed by atoms with van der Waals surface area (Å²) in [7, 11) is 0. The summed E-state index contributed by atoms with van der Waals surface area (Å²) in [6.07, 6.45) is 1.17. The van der Waals surface area contributed by atoms with Gasteiger partial charge in [0.15, 0.2) is 0 Å². The highest BCUT2D eigenvalue weighted by molar-refractivity contribution is 6.30. The fourth-order valence-corrected chi connectivity index (χ4v) is 1.54. The topological polar surface area (TPSA) is 119 Å². The number of nitrogen functional groups attached to an aromatic ring is 1. The Balaban J connectivity index is 2.39. The van der Waals surface area contributed by atoms with Crippen molar-refractivity contribution < 1.29 is 4.92 Å². The summed E-state index contributed by atoms with van der Waals surface area (Å²) in [6, 6.07) is 6.64. The Hall–Kier alpha value is -2.45. The predicted molar refractivity (Wildman–Crippen MR) is 71.2 cm³/mol. The molecule has 98 valence electrons. The number of nitrogens with one attached hydrogen (secondary N) is 2. The first kappa shape index (κ1) is 13.0. The summed E-state index contributed by atoms with van der Waals surface area (Å²) in [5.74, 6) is 5.15. The lowest BCUT2D eigenvalue weighted by atomic mass is 10.3. The van der Waals surface area contributed by atoms with E-state index in [1.165, 1.54) is 6.33 Å². The van der Waals surface area contributed by atoms with Gasteiger partial charge in [-0.25, -0.2) is 15.8 Å². The fraction of sp³-hybridized carbons (Fsp3) is 0. The summed E-state index contributed by atoms with van der Waals surface area (Å²) in [5.41, 5.74) is 2.43. The maximum absolute atomic E-state index is 11.0. The highest BCUT2D eigenvalue weighted by Gasteiger charge is 2.22. The molecule has 0 unspecified atom stereocenters. The van der Waals surface area contributed by atoms with Gasteiger partial charge in [-0.15, -0.1) is 0 Å². The highest BCUT2D eigenvalue weighted by atomic mass is 35.5. The number of nitrogens with two attached hydrogens (primary N) is 1. The molecule has 0 spiro atoms. The molecule has 4 N–H and O–H groups in total. The predicted octanol–water partition coefficient (Wildman–Crippen LogP) is 2.07. The molecule has 0 aliphatic carbocycles. The Labute approximate surface area is 112 Å². The number of rotatable bonds is 4. The molecule has 0 atom stereocenters. The van der Waals surface area contributed by atoms with Crippen molar-refractivity contribution in [3.63, 3.8) is 0 Å². The Morgan fingerprint density at radius 2 is 1.84 bits per heavy atom. The van der Waals surface area contributed by atoms with Gasteiger partial charge in [0.25, 0.3) is 0 Å². The van der Waals surface area contributed by atoms with Crippen molar-refractivity contribution in [2.45, 2.75) is 0 Å². The van der Waals surface area contributed by atoms with Gasteiger partial charge in [0, 0.05) is 10.7 Å². The Bertz CT molecular complexity index is 603. The van der Waals surface area contributed by atoms with Gasteiger partial charge in [0.2, 0.25) is 11.6 Å². The van der Waals surface area contributed by atoms with Gasteiger partial charge in [-0.05, 0) is 24.3 Å². The van der Waals surface area contributed by atoms with Gasteiger partial charge in [0.1, 0.15) is 6.33 Å². The lowest BCUT2D eigenvalue weighted by molar-refractivity contribution is -0.383. The number of nitro groups is 1. The third-order valence-electron chi connectivity index (χ3n) is 2.25. The smallest absolute Gasteiger partial charge is 0.334 e. The summed E-state index contributed by atoms with van der Waals surface area (Å²) in [5, 5.41) is 14.4. The molecule has 1 heterocycles. The van der Waals surface area contributed by atoms with E-state index in [9.17, 15) is 10.1 Å². The average Bonchev–Trinajstić information content (AvgIpc) is 2.40. The minimum absolute atomic E-state index is 0.0373. The Kier molecular flexibility index (Phi) is 3.74. The summed E-state index contributed by atoms with van der Waals surface area (Å²) >= 11 is 5.76. The maximum atomic E-state index is 11.0. The van der Waals surface area contributed by atoms with Crippen molar-refractivity contribution in [2.75, 3.05) is 10.7 Å². The first-order valence-electron chi connectivity index (χ1n) is 5.10. The van der Waals surface area contributed by atoms with E-state index in [1.807, 2.05) is 0 Å². The second-order valence-electron chi connectivity index (χ2n) is 3.45. The molecule has 0 saturated heterocycles. The number of anilines is 3. The number of hydrogen-bond acceptors (Lipinski definition) is 7. The van der Waals surface area contributed by atoms with E-state index in [-0.39, 0.29) is 17.3 Å². The van der Waals surface area contributed by atoms with Crippen molar-refractivity contribution in [3.05, 3.63) is 45.7 Å². The van der Waals surface area contributed by atoms with Gasteiger partial charge in [-0.3, -0.25) is 10.1 Å². The van der Waals surface area contributed by atoms with Crippen LogP contribution in [0.25, 0.3) is 0 Å². The SMILES string of the molecule is NNc1ncnc(Nc2ccc(Cl)cc2)c1[N+](=O)[O-]. The largest absolute Gasteiger partial charge is 0.354 e. The average molecular weight is 281 g/mol. The molecule has 0 bridgehead atoms. The van der Waals surface area contributed by atoms with E-state index in [1.54, 1.807) is 24.3 Å². The minimum atomic E-state index is -0.618. The van der Waals surface area contributed by atoms with E-state index >= 15 is 0 Å². The number of benzene rings is 1. The number of hydrogen-bond donors (Lipinski definition) is 3. The van der Waals surface area contributed by atoms with Gasteiger partial charge < -0.3 is 10.7 Å². The van der Waals surface area contributed by atoms with Crippen LogP contribution in [0, 0.1) is 10.1 Å². The van der Waals surface area contributed by atoms with Crippen molar-refractivity contribution in [3.8, 4) is 0 Å². The highest BCUT2D eigenvalue weighted by Crippen LogP contribution is 2.30. The normalized spacial score (nSPS) is 10.0. The van der Waals surface area contributed by atoms with Crippen LogP contribution in [0.3, 0.4) is 0 Å². The molecule has 9 heteroatoms. The van der Waals surface area contributed by atoms with Crippen LogP contribution in [0.5, 0.6) is 0 Å². The molecule has 0 aliphatic rings. The molecule has 0 fully saturated rings. The maximum Gasteiger partial charge on any atom is 0.354 e. The second-order valence-corrected chi connectivity index (χ2v) is 3.89. The van der Waals surface area contributed by atoms with E-state index in [4.69, 9.17) is 17.4 Å². The van der Waals surface area contributed by atoms with Crippen molar-refractivity contribution >= 4 is 34.6 Å². The first-order chi connectivity index (χ1) is 9.11. The summed E-state index contributed by atoms with van der Waals surface area (Å²) in [6.45, 7) is 0. The van der Waals surface area contributed by atoms with E-state index in [0.717, 1.165) is 0 Å². The number of aromatic nitrogens is 2. The first-order valence-corrected chi connectivity index (χ1v) is 5.48. The molecule has 0 radical (unpaired) electrons. The molecule has 1 aromatic carbocycles. The van der Waals surface area contributed by atoms with Crippen molar-refractivity contribution in [1.82, 2.24) is 9.97 Å². The lowest BCUT2D eigenvalue weighted by Gasteiger charge is -2.07. The van der Waals surface area contributed by atoms with E-state index in [2.05, 4.69) is 20.7 Å². The van der Waals surface area contributed by atoms with Crippen LogP contribution in [0.4, 0.5) is 23.0 Å². The lowest BCUT2D eigenvalue weighted by Crippen LogP contribution is -2.12.